The third-order valence-corrected chi connectivity index (χ3v) is 3.71. The highest BCUT2D eigenvalue weighted by Crippen LogP contribution is 2.18. The van der Waals surface area contributed by atoms with Gasteiger partial charge >= 0.3 is 0 Å². The summed E-state index contributed by atoms with van der Waals surface area (Å²) >= 11 is 0. The number of rotatable bonds is 6. The Kier molecular flexibility index (Phi) is 6.09. The molecule has 0 aromatic carbocycles. The largest absolute Gasteiger partial charge is 0.396 e. The zero-order chi connectivity index (χ0) is 13.6. The molecule has 0 aromatic heterocycles. The van der Waals surface area contributed by atoms with Gasteiger partial charge in [-0.2, -0.15) is 0 Å². The van der Waals surface area contributed by atoms with E-state index in [2.05, 4.69) is 19.2 Å². The number of carbonyl (C=O) groups is 1. The number of piperidine rings is 1. The molecule has 1 amide bonds. The van der Waals surface area contributed by atoms with E-state index in [9.17, 15) is 4.79 Å². The number of hydrogen-bond acceptors (Lipinski definition) is 3. The van der Waals surface area contributed by atoms with E-state index in [1.807, 2.05) is 11.8 Å². The lowest BCUT2D eigenvalue weighted by Crippen LogP contribution is -2.48. The van der Waals surface area contributed by atoms with E-state index in [1.165, 1.54) is 6.42 Å². The Morgan fingerprint density at radius 1 is 1.33 bits per heavy atom. The van der Waals surface area contributed by atoms with Gasteiger partial charge in [-0.3, -0.25) is 4.79 Å². The number of carbonyl (C=O) groups excluding carboxylic acids is 1. The van der Waals surface area contributed by atoms with Gasteiger partial charge in [0.15, 0.2) is 0 Å². The SMILES string of the molecule is CC(NCC(C)(C)CCO)C(=O)N1CCCCC1. The maximum Gasteiger partial charge on any atom is 0.239 e. The van der Waals surface area contributed by atoms with Crippen LogP contribution in [0.2, 0.25) is 0 Å². The molecule has 0 aromatic rings. The van der Waals surface area contributed by atoms with Crippen molar-refractivity contribution in [2.45, 2.75) is 52.5 Å². The lowest BCUT2D eigenvalue weighted by Gasteiger charge is -2.31. The molecule has 0 saturated carbocycles. The van der Waals surface area contributed by atoms with Crippen LogP contribution < -0.4 is 5.32 Å². The molecule has 0 spiro atoms. The summed E-state index contributed by atoms with van der Waals surface area (Å²) in [5, 5.41) is 12.3. The van der Waals surface area contributed by atoms with Gasteiger partial charge in [-0.25, -0.2) is 0 Å². The summed E-state index contributed by atoms with van der Waals surface area (Å²) in [7, 11) is 0. The van der Waals surface area contributed by atoms with Crippen LogP contribution in [0.3, 0.4) is 0 Å². The van der Waals surface area contributed by atoms with Crippen LogP contribution in [0.5, 0.6) is 0 Å². The molecule has 1 aliphatic heterocycles. The number of hydrogen-bond donors (Lipinski definition) is 2. The molecule has 1 saturated heterocycles. The maximum atomic E-state index is 12.2. The van der Waals surface area contributed by atoms with Crippen LogP contribution >= 0.6 is 0 Å². The van der Waals surface area contributed by atoms with Crippen LogP contribution in [0.4, 0.5) is 0 Å². The van der Waals surface area contributed by atoms with E-state index in [4.69, 9.17) is 5.11 Å². The molecule has 1 aliphatic rings. The van der Waals surface area contributed by atoms with Crippen molar-refractivity contribution >= 4 is 5.91 Å². The topological polar surface area (TPSA) is 52.6 Å². The number of amides is 1. The maximum absolute atomic E-state index is 12.2. The summed E-state index contributed by atoms with van der Waals surface area (Å²) in [5.41, 5.74) is 0.0329. The first-order valence-electron chi connectivity index (χ1n) is 7.09. The lowest BCUT2D eigenvalue weighted by atomic mass is 9.89. The quantitative estimate of drug-likeness (QED) is 0.755. The fraction of sp³-hybridized carbons (Fsp3) is 0.929. The third-order valence-electron chi connectivity index (χ3n) is 3.71. The Bertz CT molecular complexity index is 261. The molecule has 0 aliphatic carbocycles. The number of nitrogens with one attached hydrogen (secondary N) is 1. The Labute approximate surface area is 111 Å². The van der Waals surface area contributed by atoms with Crippen molar-refractivity contribution in [2.24, 2.45) is 5.41 Å². The average Bonchev–Trinajstić information content (AvgIpc) is 2.36. The molecule has 106 valence electrons. The minimum Gasteiger partial charge on any atom is -0.396 e. The average molecular weight is 256 g/mol. The van der Waals surface area contributed by atoms with Gasteiger partial charge in [0.1, 0.15) is 0 Å². The van der Waals surface area contributed by atoms with Crippen LogP contribution in [0, 0.1) is 5.41 Å². The molecular formula is C14H28N2O2. The number of nitrogens with zero attached hydrogens (tertiary/aromatic N) is 1. The molecule has 4 nitrogen and oxygen atoms in total. The zero-order valence-corrected chi connectivity index (χ0v) is 12.0. The van der Waals surface area contributed by atoms with Crippen LogP contribution in [0.1, 0.15) is 46.5 Å². The van der Waals surface area contributed by atoms with Crippen molar-refractivity contribution in [1.82, 2.24) is 10.2 Å². The van der Waals surface area contributed by atoms with E-state index < -0.39 is 0 Å². The Balaban J connectivity index is 2.35. The van der Waals surface area contributed by atoms with E-state index in [-0.39, 0.29) is 24.0 Å². The van der Waals surface area contributed by atoms with Gasteiger partial charge in [-0.1, -0.05) is 13.8 Å². The summed E-state index contributed by atoms with van der Waals surface area (Å²) in [6.07, 6.45) is 4.27. The summed E-state index contributed by atoms with van der Waals surface area (Å²) in [5.74, 6) is 0.217. The number of likely N-dealkylation sites (tertiary alicyclic amines) is 1. The predicted octanol–water partition coefficient (Wildman–Crippen LogP) is 1.39. The third kappa shape index (κ3) is 4.94. The second kappa shape index (κ2) is 7.10. The second-order valence-electron chi connectivity index (χ2n) is 6.13. The highest BCUT2D eigenvalue weighted by atomic mass is 16.3. The minimum atomic E-state index is -0.124. The molecule has 18 heavy (non-hydrogen) atoms. The molecule has 1 fully saturated rings. The zero-order valence-electron chi connectivity index (χ0n) is 12.0. The summed E-state index contributed by atoms with van der Waals surface area (Å²) in [6.45, 7) is 8.92. The Morgan fingerprint density at radius 3 is 2.50 bits per heavy atom. The fourth-order valence-corrected chi connectivity index (χ4v) is 2.30. The predicted molar refractivity (Wildman–Crippen MR) is 73.4 cm³/mol. The number of aliphatic hydroxyl groups is 1. The van der Waals surface area contributed by atoms with E-state index in [0.29, 0.717) is 0 Å². The van der Waals surface area contributed by atoms with Gasteiger partial charge in [-0.05, 0) is 38.0 Å². The van der Waals surface area contributed by atoms with Crippen molar-refractivity contribution in [2.75, 3.05) is 26.2 Å². The van der Waals surface area contributed by atoms with Gasteiger partial charge in [0.05, 0.1) is 6.04 Å². The molecule has 2 N–H and O–H groups in total. The van der Waals surface area contributed by atoms with Crippen molar-refractivity contribution in [3.8, 4) is 0 Å². The summed E-state index contributed by atoms with van der Waals surface area (Å²) < 4.78 is 0. The second-order valence-corrected chi connectivity index (χ2v) is 6.13. The smallest absolute Gasteiger partial charge is 0.239 e. The Morgan fingerprint density at radius 2 is 1.94 bits per heavy atom. The molecule has 1 atom stereocenters. The van der Waals surface area contributed by atoms with Gasteiger partial charge in [0.2, 0.25) is 5.91 Å². The van der Waals surface area contributed by atoms with Gasteiger partial charge in [0, 0.05) is 26.2 Å². The minimum absolute atomic E-state index is 0.0329. The van der Waals surface area contributed by atoms with E-state index in [0.717, 1.165) is 38.9 Å². The van der Waals surface area contributed by atoms with Crippen LogP contribution in [0.25, 0.3) is 0 Å². The van der Waals surface area contributed by atoms with Crippen LogP contribution in [-0.4, -0.2) is 48.2 Å². The van der Waals surface area contributed by atoms with Crippen molar-refractivity contribution in [3.05, 3.63) is 0 Å². The first-order valence-corrected chi connectivity index (χ1v) is 7.09. The van der Waals surface area contributed by atoms with Crippen molar-refractivity contribution in [3.63, 3.8) is 0 Å². The normalized spacial score (nSPS) is 18.8. The molecule has 4 heteroatoms. The first kappa shape index (κ1) is 15.4. The van der Waals surface area contributed by atoms with Gasteiger partial charge in [0.25, 0.3) is 0 Å². The molecule has 1 unspecified atom stereocenters. The summed E-state index contributed by atoms with van der Waals surface area (Å²) in [6, 6.07) is -0.124. The molecule has 0 radical (unpaired) electrons. The molecule has 0 bridgehead atoms. The summed E-state index contributed by atoms with van der Waals surface area (Å²) in [4.78, 5) is 14.2. The van der Waals surface area contributed by atoms with Crippen molar-refractivity contribution < 1.29 is 9.90 Å². The van der Waals surface area contributed by atoms with Gasteiger partial charge < -0.3 is 15.3 Å². The number of aliphatic hydroxyl groups excluding tert-OH is 1. The van der Waals surface area contributed by atoms with E-state index >= 15 is 0 Å². The van der Waals surface area contributed by atoms with Crippen LogP contribution in [-0.2, 0) is 4.79 Å². The van der Waals surface area contributed by atoms with Gasteiger partial charge in [-0.15, -0.1) is 0 Å². The standard InChI is InChI=1S/C14H28N2O2/c1-12(15-11-14(2,3)7-10-17)13(18)16-8-5-4-6-9-16/h12,15,17H,4-11H2,1-3H3. The molecule has 1 rings (SSSR count). The van der Waals surface area contributed by atoms with Crippen molar-refractivity contribution in [1.29, 1.82) is 0 Å². The lowest BCUT2D eigenvalue weighted by molar-refractivity contribution is -0.134. The fourth-order valence-electron chi connectivity index (χ4n) is 2.30. The highest BCUT2D eigenvalue weighted by Gasteiger charge is 2.24. The molecule has 1 heterocycles. The van der Waals surface area contributed by atoms with Crippen LogP contribution in [0.15, 0.2) is 0 Å². The highest BCUT2D eigenvalue weighted by molar-refractivity contribution is 5.81. The Hall–Kier alpha value is -0.610. The molecular weight excluding hydrogens is 228 g/mol. The van der Waals surface area contributed by atoms with E-state index in [1.54, 1.807) is 0 Å². The first-order chi connectivity index (χ1) is 8.46. The monoisotopic (exact) mass is 256 g/mol.